The standard InChI is InChI=1S/C15H22N2O4S/c18-22(19,17-7-11-21-12-8-17)15-3-1-14(2-4-15)13-16-5-9-20-10-6-16/h1-4H,5-13H2/p+1. The van der Waals surface area contributed by atoms with Gasteiger partial charge in [0.15, 0.2) is 0 Å². The van der Waals surface area contributed by atoms with Crippen molar-refractivity contribution in [2.75, 3.05) is 52.6 Å². The maximum atomic E-state index is 12.5. The van der Waals surface area contributed by atoms with E-state index in [4.69, 9.17) is 9.47 Å². The summed E-state index contributed by atoms with van der Waals surface area (Å²) in [5, 5.41) is 0. The summed E-state index contributed by atoms with van der Waals surface area (Å²) in [7, 11) is -3.39. The normalized spacial score (nSPS) is 21.8. The van der Waals surface area contributed by atoms with Gasteiger partial charge in [-0.2, -0.15) is 4.31 Å². The zero-order valence-corrected chi connectivity index (χ0v) is 13.5. The van der Waals surface area contributed by atoms with Gasteiger partial charge in [-0.3, -0.25) is 0 Å². The summed E-state index contributed by atoms with van der Waals surface area (Å²) in [6, 6.07) is 7.30. The number of hydrogen-bond donors (Lipinski definition) is 1. The van der Waals surface area contributed by atoms with Crippen molar-refractivity contribution in [3.05, 3.63) is 29.8 Å². The Morgan fingerprint density at radius 1 is 0.955 bits per heavy atom. The second-order valence-corrected chi connectivity index (χ2v) is 7.64. The Balaban J connectivity index is 1.67. The summed E-state index contributed by atoms with van der Waals surface area (Å²) >= 11 is 0. The number of benzene rings is 1. The van der Waals surface area contributed by atoms with Gasteiger partial charge in [0, 0.05) is 18.7 Å². The number of sulfonamides is 1. The van der Waals surface area contributed by atoms with Crippen LogP contribution in [0.3, 0.4) is 0 Å². The average molecular weight is 327 g/mol. The monoisotopic (exact) mass is 327 g/mol. The van der Waals surface area contributed by atoms with Crippen molar-refractivity contribution < 1.29 is 22.8 Å². The number of ether oxygens (including phenoxy) is 2. The van der Waals surface area contributed by atoms with E-state index in [1.807, 2.05) is 12.1 Å². The predicted octanol–water partition coefficient (Wildman–Crippen LogP) is -0.877. The van der Waals surface area contributed by atoms with Gasteiger partial charge in [-0.25, -0.2) is 8.42 Å². The number of nitrogens with one attached hydrogen (secondary N) is 1. The molecular weight excluding hydrogens is 304 g/mol. The van der Waals surface area contributed by atoms with Gasteiger partial charge in [-0.1, -0.05) is 12.1 Å². The molecule has 1 N–H and O–H groups in total. The summed E-state index contributed by atoms with van der Waals surface area (Å²) in [4.78, 5) is 1.85. The van der Waals surface area contributed by atoms with Crippen LogP contribution < -0.4 is 4.90 Å². The lowest BCUT2D eigenvalue weighted by Crippen LogP contribution is -3.12. The summed E-state index contributed by atoms with van der Waals surface area (Å²) in [6.07, 6.45) is 0. The number of rotatable bonds is 4. The molecule has 0 bridgehead atoms. The van der Waals surface area contributed by atoms with Gasteiger partial charge in [-0.05, 0) is 12.1 Å². The van der Waals surface area contributed by atoms with Crippen LogP contribution >= 0.6 is 0 Å². The zero-order chi connectivity index (χ0) is 15.4. The second kappa shape index (κ2) is 7.06. The maximum absolute atomic E-state index is 12.5. The molecule has 3 rings (SSSR count). The van der Waals surface area contributed by atoms with Gasteiger partial charge < -0.3 is 14.4 Å². The molecule has 2 saturated heterocycles. The highest BCUT2D eigenvalue weighted by molar-refractivity contribution is 7.89. The van der Waals surface area contributed by atoms with E-state index < -0.39 is 10.0 Å². The predicted molar refractivity (Wildman–Crippen MR) is 81.2 cm³/mol. The highest BCUT2D eigenvalue weighted by Crippen LogP contribution is 2.17. The van der Waals surface area contributed by atoms with Crippen LogP contribution in [0.5, 0.6) is 0 Å². The minimum atomic E-state index is -3.39. The maximum Gasteiger partial charge on any atom is 0.243 e. The van der Waals surface area contributed by atoms with Crippen LogP contribution in [0.1, 0.15) is 5.56 Å². The fraction of sp³-hybridized carbons (Fsp3) is 0.600. The Hall–Kier alpha value is -0.990. The van der Waals surface area contributed by atoms with Crippen LogP contribution in [0.15, 0.2) is 29.2 Å². The van der Waals surface area contributed by atoms with Crippen molar-refractivity contribution in [3.8, 4) is 0 Å². The Bertz CT molecular complexity index is 576. The number of nitrogens with zero attached hydrogens (tertiary/aromatic N) is 1. The van der Waals surface area contributed by atoms with Crippen LogP contribution in [0, 0.1) is 0 Å². The zero-order valence-electron chi connectivity index (χ0n) is 12.7. The van der Waals surface area contributed by atoms with Crippen molar-refractivity contribution in [2.45, 2.75) is 11.4 Å². The Labute approximate surface area is 131 Å². The molecule has 0 amide bonds. The summed E-state index contributed by atoms with van der Waals surface area (Å²) in [5.41, 5.74) is 1.16. The van der Waals surface area contributed by atoms with Crippen LogP contribution in [-0.4, -0.2) is 65.3 Å². The largest absolute Gasteiger partial charge is 0.379 e. The SMILES string of the molecule is O=S(=O)(c1ccc(C[NH+]2CCOCC2)cc1)N1CCOCC1. The second-order valence-electron chi connectivity index (χ2n) is 5.70. The molecule has 0 radical (unpaired) electrons. The van der Waals surface area contributed by atoms with Crippen LogP contribution in [0.4, 0.5) is 0 Å². The molecule has 0 aromatic heterocycles. The highest BCUT2D eigenvalue weighted by atomic mass is 32.2. The van der Waals surface area contributed by atoms with E-state index in [2.05, 4.69) is 0 Å². The first kappa shape index (κ1) is 15.9. The number of morpholine rings is 2. The van der Waals surface area contributed by atoms with Crippen molar-refractivity contribution in [1.29, 1.82) is 0 Å². The molecule has 2 heterocycles. The van der Waals surface area contributed by atoms with E-state index in [0.717, 1.165) is 38.4 Å². The van der Waals surface area contributed by atoms with Gasteiger partial charge in [0.2, 0.25) is 10.0 Å². The fourth-order valence-corrected chi connectivity index (χ4v) is 4.25. The van der Waals surface area contributed by atoms with Crippen LogP contribution in [0.25, 0.3) is 0 Å². The van der Waals surface area contributed by atoms with Gasteiger partial charge in [0.05, 0.1) is 31.3 Å². The van der Waals surface area contributed by atoms with Crippen molar-refractivity contribution in [3.63, 3.8) is 0 Å². The first-order chi connectivity index (χ1) is 10.7. The summed E-state index contributed by atoms with van der Waals surface area (Å²) in [5.74, 6) is 0. The minimum Gasteiger partial charge on any atom is -0.379 e. The molecule has 7 heteroatoms. The Kier molecular flexibility index (Phi) is 5.10. The average Bonchev–Trinajstić information content (AvgIpc) is 2.57. The van der Waals surface area contributed by atoms with E-state index in [0.29, 0.717) is 31.2 Å². The van der Waals surface area contributed by atoms with Crippen LogP contribution in [-0.2, 0) is 26.0 Å². The molecule has 0 unspecified atom stereocenters. The molecule has 2 fully saturated rings. The van der Waals surface area contributed by atoms with Gasteiger partial charge in [0.25, 0.3) is 0 Å². The van der Waals surface area contributed by atoms with E-state index in [1.165, 1.54) is 9.21 Å². The molecule has 122 valence electrons. The molecule has 6 nitrogen and oxygen atoms in total. The molecular formula is C15H23N2O4S+. The highest BCUT2D eigenvalue weighted by Gasteiger charge is 2.26. The Morgan fingerprint density at radius 3 is 2.18 bits per heavy atom. The quantitative estimate of drug-likeness (QED) is 0.780. The third-order valence-corrected chi connectivity index (χ3v) is 6.10. The fourth-order valence-electron chi connectivity index (χ4n) is 2.84. The van der Waals surface area contributed by atoms with Gasteiger partial charge >= 0.3 is 0 Å². The van der Waals surface area contributed by atoms with E-state index in [1.54, 1.807) is 12.1 Å². The van der Waals surface area contributed by atoms with Gasteiger partial charge in [-0.15, -0.1) is 0 Å². The molecule has 1 aromatic rings. The Morgan fingerprint density at radius 2 is 1.55 bits per heavy atom. The molecule has 22 heavy (non-hydrogen) atoms. The van der Waals surface area contributed by atoms with Crippen LogP contribution in [0.2, 0.25) is 0 Å². The molecule has 0 atom stereocenters. The molecule has 1 aromatic carbocycles. The number of quaternary nitrogens is 1. The number of hydrogen-bond acceptors (Lipinski definition) is 4. The van der Waals surface area contributed by atoms with Crippen molar-refractivity contribution >= 4 is 10.0 Å². The topological polar surface area (TPSA) is 60.3 Å². The molecule has 0 aliphatic carbocycles. The van der Waals surface area contributed by atoms with Crippen molar-refractivity contribution in [2.24, 2.45) is 0 Å². The third-order valence-electron chi connectivity index (χ3n) is 4.19. The van der Waals surface area contributed by atoms with E-state index in [9.17, 15) is 8.42 Å². The lowest BCUT2D eigenvalue weighted by molar-refractivity contribution is -0.921. The molecule has 2 aliphatic heterocycles. The first-order valence-corrected chi connectivity index (χ1v) is 9.18. The van der Waals surface area contributed by atoms with Crippen molar-refractivity contribution in [1.82, 2.24) is 4.31 Å². The lowest BCUT2D eigenvalue weighted by Gasteiger charge is -2.26. The summed E-state index contributed by atoms with van der Waals surface area (Å²) < 4.78 is 37.1. The smallest absolute Gasteiger partial charge is 0.243 e. The van der Waals surface area contributed by atoms with E-state index in [-0.39, 0.29) is 0 Å². The summed E-state index contributed by atoms with van der Waals surface area (Å²) in [6.45, 7) is 6.35. The van der Waals surface area contributed by atoms with Gasteiger partial charge in [0.1, 0.15) is 19.6 Å². The molecule has 0 saturated carbocycles. The third kappa shape index (κ3) is 3.67. The minimum absolute atomic E-state index is 0.370. The lowest BCUT2D eigenvalue weighted by atomic mass is 10.2. The molecule has 0 spiro atoms. The van der Waals surface area contributed by atoms with E-state index >= 15 is 0 Å². The molecule has 2 aliphatic rings. The first-order valence-electron chi connectivity index (χ1n) is 7.74.